The van der Waals surface area contributed by atoms with E-state index < -0.39 is 23.3 Å². The van der Waals surface area contributed by atoms with E-state index in [4.69, 9.17) is 4.74 Å². The number of allylic oxidation sites excluding steroid dienone is 1. The highest BCUT2D eigenvalue weighted by Crippen LogP contribution is 2.39. The Morgan fingerprint density at radius 3 is 2.78 bits per heavy atom. The Kier molecular flexibility index (Phi) is 5.41. The van der Waals surface area contributed by atoms with Gasteiger partial charge in [-0.3, -0.25) is 4.79 Å². The second-order valence-corrected chi connectivity index (χ2v) is 7.26. The van der Waals surface area contributed by atoms with E-state index >= 15 is 0 Å². The first-order chi connectivity index (χ1) is 15.1. The van der Waals surface area contributed by atoms with Gasteiger partial charge in [-0.05, 0) is 37.1 Å². The fraction of sp³-hybridized carbons (Fsp3) is 0.238. The molecule has 0 atom stereocenters. The number of hydrogen-bond donors (Lipinski definition) is 1. The molecule has 166 valence electrons. The number of anilines is 1. The van der Waals surface area contributed by atoms with Crippen LogP contribution in [0, 0.1) is 5.82 Å². The standard InChI is InChI=1S/C21H17F4N5O2/c1-11(2)18-16(8-28-29-19(18)31)30-6-5-13-15(9-30)26-10-27-20(13)32-17-4-3-12(22)7-14(17)21(23,24)25/h3-4,7-8,10H,1,5-6,9H2,2H3,(H,29,31). The van der Waals surface area contributed by atoms with Gasteiger partial charge in [-0.2, -0.15) is 18.3 Å². The van der Waals surface area contributed by atoms with Gasteiger partial charge in [-0.15, -0.1) is 0 Å². The third-order valence-electron chi connectivity index (χ3n) is 5.02. The van der Waals surface area contributed by atoms with Crippen molar-refractivity contribution in [2.45, 2.75) is 26.1 Å². The van der Waals surface area contributed by atoms with Crippen molar-refractivity contribution in [1.29, 1.82) is 0 Å². The number of benzene rings is 1. The summed E-state index contributed by atoms with van der Waals surface area (Å²) in [5.41, 5.74) is 1.00. The zero-order valence-electron chi connectivity index (χ0n) is 16.8. The second kappa shape index (κ2) is 8.06. The van der Waals surface area contributed by atoms with Crippen molar-refractivity contribution in [3.05, 3.63) is 75.9 Å². The molecule has 0 saturated heterocycles. The summed E-state index contributed by atoms with van der Waals surface area (Å²) in [6, 6.07) is 2.19. The Balaban J connectivity index is 1.68. The maximum atomic E-state index is 13.4. The van der Waals surface area contributed by atoms with E-state index in [1.54, 1.807) is 6.92 Å². The average molecular weight is 447 g/mol. The van der Waals surface area contributed by atoms with Gasteiger partial charge in [0, 0.05) is 12.1 Å². The molecule has 1 aliphatic rings. The third kappa shape index (κ3) is 4.05. The van der Waals surface area contributed by atoms with Crippen LogP contribution in [0.1, 0.15) is 29.3 Å². The molecule has 0 fully saturated rings. The second-order valence-electron chi connectivity index (χ2n) is 7.26. The number of fused-ring (bicyclic) bond motifs is 1. The smallest absolute Gasteiger partial charge is 0.420 e. The molecule has 7 nitrogen and oxygen atoms in total. The van der Waals surface area contributed by atoms with Crippen LogP contribution in [-0.2, 0) is 19.1 Å². The summed E-state index contributed by atoms with van der Waals surface area (Å²) < 4.78 is 58.8. The van der Waals surface area contributed by atoms with Crippen molar-refractivity contribution in [2.75, 3.05) is 11.4 Å². The molecule has 1 N–H and O–H groups in total. The molecule has 0 amide bonds. The summed E-state index contributed by atoms with van der Waals surface area (Å²) in [6.07, 6.45) is -1.75. The number of hydrogen-bond acceptors (Lipinski definition) is 6. The molecule has 0 aliphatic carbocycles. The van der Waals surface area contributed by atoms with Crippen LogP contribution in [0.4, 0.5) is 23.2 Å². The van der Waals surface area contributed by atoms with Crippen molar-refractivity contribution in [3.8, 4) is 11.6 Å². The van der Waals surface area contributed by atoms with Gasteiger partial charge < -0.3 is 9.64 Å². The molecule has 0 saturated carbocycles. The van der Waals surface area contributed by atoms with Crippen LogP contribution in [0.15, 0.2) is 42.1 Å². The van der Waals surface area contributed by atoms with Gasteiger partial charge >= 0.3 is 6.18 Å². The van der Waals surface area contributed by atoms with Crippen LogP contribution in [0.5, 0.6) is 11.6 Å². The van der Waals surface area contributed by atoms with Gasteiger partial charge in [0.25, 0.3) is 5.56 Å². The van der Waals surface area contributed by atoms with Gasteiger partial charge in [0.2, 0.25) is 5.88 Å². The van der Waals surface area contributed by atoms with Crippen LogP contribution < -0.4 is 15.2 Å². The highest BCUT2D eigenvalue weighted by molar-refractivity contribution is 5.73. The molecule has 4 rings (SSSR count). The lowest BCUT2D eigenvalue weighted by molar-refractivity contribution is -0.138. The summed E-state index contributed by atoms with van der Waals surface area (Å²) >= 11 is 0. The first-order valence-corrected chi connectivity index (χ1v) is 9.51. The molecule has 3 aromatic rings. The highest BCUT2D eigenvalue weighted by atomic mass is 19.4. The molecule has 11 heteroatoms. The molecule has 1 aliphatic heterocycles. The molecular weight excluding hydrogens is 430 g/mol. The van der Waals surface area contributed by atoms with E-state index in [0.29, 0.717) is 47.1 Å². The Morgan fingerprint density at radius 1 is 1.28 bits per heavy atom. The SMILES string of the molecule is C=C(C)c1c(N2CCc3c(ncnc3Oc3ccc(F)cc3C(F)(F)F)C2)cn[nH]c1=O. The van der Waals surface area contributed by atoms with Crippen LogP contribution in [-0.4, -0.2) is 26.7 Å². The minimum absolute atomic E-state index is 0.0316. The first kappa shape index (κ1) is 21.5. The molecule has 0 spiro atoms. The maximum Gasteiger partial charge on any atom is 0.420 e. The summed E-state index contributed by atoms with van der Waals surface area (Å²) in [5.74, 6) is -1.61. The summed E-state index contributed by atoms with van der Waals surface area (Å²) in [5, 5.41) is 6.24. The van der Waals surface area contributed by atoms with Gasteiger partial charge in [-0.1, -0.05) is 6.58 Å². The topological polar surface area (TPSA) is 84.0 Å². The van der Waals surface area contributed by atoms with Gasteiger partial charge in [-0.25, -0.2) is 19.5 Å². The lowest BCUT2D eigenvalue weighted by Gasteiger charge is -2.31. The predicted molar refractivity (Wildman–Crippen MR) is 108 cm³/mol. The fourth-order valence-electron chi connectivity index (χ4n) is 3.58. The predicted octanol–water partition coefficient (Wildman–Crippen LogP) is 4.11. The molecule has 0 radical (unpaired) electrons. The van der Waals surface area contributed by atoms with Gasteiger partial charge in [0.05, 0.1) is 29.7 Å². The van der Waals surface area contributed by atoms with Crippen molar-refractivity contribution >= 4 is 11.3 Å². The van der Waals surface area contributed by atoms with Gasteiger partial charge in [0.15, 0.2) is 0 Å². The Labute approximate surface area is 179 Å². The minimum atomic E-state index is -4.80. The molecule has 2 aromatic heterocycles. The number of nitrogens with one attached hydrogen (secondary N) is 1. The van der Waals surface area contributed by atoms with E-state index in [-0.39, 0.29) is 18.0 Å². The molecule has 1 aromatic carbocycles. The van der Waals surface area contributed by atoms with E-state index in [1.165, 1.54) is 12.5 Å². The lowest BCUT2D eigenvalue weighted by Crippen LogP contribution is -2.34. The van der Waals surface area contributed by atoms with E-state index in [9.17, 15) is 22.4 Å². The normalized spacial score (nSPS) is 13.6. The molecule has 32 heavy (non-hydrogen) atoms. The van der Waals surface area contributed by atoms with Crippen molar-refractivity contribution in [3.63, 3.8) is 0 Å². The minimum Gasteiger partial charge on any atom is -0.438 e. The maximum absolute atomic E-state index is 13.4. The van der Waals surface area contributed by atoms with E-state index in [1.807, 2.05) is 4.90 Å². The van der Waals surface area contributed by atoms with E-state index in [0.717, 1.165) is 12.1 Å². The average Bonchev–Trinajstić information content (AvgIpc) is 2.73. The number of nitrogens with zero attached hydrogens (tertiary/aromatic N) is 4. The van der Waals surface area contributed by atoms with Crippen LogP contribution in [0.3, 0.4) is 0 Å². The first-order valence-electron chi connectivity index (χ1n) is 9.51. The fourth-order valence-corrected chi connectivity index (χ4v) is 3.58. The third-order valence-corrected chi connectivity index (χ3v) is 5.02. The number of ether oxygens (including phenoxy) is 1. The molecule has 0 unspecified atom stereocenters. The number of rotatable bonds is 4. The Bertz CT molecular complexity index is 1260. The number of aromatic nitrogens is 4. The summed E-state index contributed by atoms with van der Waals surface area (Å²) in [4.78, 5) is 22.3. The van der Waals surface area contributed by atoms with Crippen LogP contribution in [0.2, 0.25) is 0 Å². The monoisotopic (exact) mass is 447 g/mol. The van der Waals surface area contributed by atoms with Crippen molar-refractivity contribution < 1.29 is 22.3 Å². The van der Waals surface area contributed by atoms with E-state index in [2.05, 4.69) is 26.7 Å². The van der Waals surface area contributed by atoms with Gasteiger partial charge in [0.1, 0.15) is 23.5 Å². The molecular formula is C21H17F4N5O2. The summed E-state index contributed by atoms with van der Waals surface area (Å²) in [7, 11) is 0. The number of H-pyrrole nitrogens is 1. The number of aromatic amines is 1. The lowest BCUT2D eigenvalue weighted by atomic mass is 10.0. The molecule has 0 bridgehead atoms. The molecule has 3 heterocycles. The Hall–Kier alpha value is -3.76. The highest BCUT2D eigenvalue weighted by Gasteiger charge is 2.35. The number of alkyl halides is 3. The van der Waals surface area contributed by atoms with Crippen molar-refractivity contribution in [2.24, 2.45) is 0 Å². The quantitative estimate of drug-likeness (QED) is 0.607. The zero-order chi connectivity index (χ0) is 23.0. The summed E-state index contributed by atoms with van der Waals surface area (Å²) in [6.45, 7) is 6.23. The zero-order valence-corrected chi connectivity index (χ0v) is 16.8. The largest absolute Gasteiger partial charge is 0.438 e. The van der Waals surface area contributed by atoms with Crippen LogP contribution >= 0.6 is 0 Å². The number of halogens is 4. The van der Waals surface area contributed by atoms with Crippen molar-refractivity contribution in [1.82, 2.24) is 20.2 Å². The van der Waals surface area contributed by atoms with Crippen LogP contribution in [0.25, 0.3) is 5.57 Å². The Morgan fingerprint density at radius 2 is 2.06 bits per heavy atom.